The van der Waals surface area contributed by atoms with Gasteiger partial charge in [-0.05, 0) is 60.8 Å². The first kappa shape index (κ1) is 22.9. The summed E-state index contributed by atoms with van der Waals surface area (Å²) in [6.45, 7) is 0.690. The highest BCUT2D eigenvalue weighted by Crippen LogP contribution is 2.65. The Kier molecular flexibility index (Phi) is 4.94. The normalized spacial score (nSPS) is 29.9. The van der Waals surface area contributed by atoms with Crippen molar-refractivity contribution in [2.24, 2.45) is 35.5 Å². The first-order valence-electron chi connectivity index (χ1n) is 11.8. The molecule has 1 aliphatic heterocycles. The second-order valence-corrected chi connectivity index (χ2v) is 10.0. The number of carbonyl (C=O) groups is 3. The van der Waals surface area contributed by atoms with Crippen LogP contribution in [0.2, 0.25) is 0 Å². The van der Waals surface area contributed by atoms with E-state index >= 15 is 4.39 Å². The Morgan fingerprint density at radius 3 is 2.22 bits per heavy atom. The summed E-state index contributed by atoms with van der Waals surface area (Å²) >= 11 is 0. The molecule has 186 valence electrons. The van der Waals surface area contributed by atoms with E-state index < -0.39 is 53.6 Å². The van der Waals surface area contributed by atoms with Gasteiger partial charge in [0.25, 0.3) is 0 Å². The second kappa shape index (κ2) is 7.75. The highest BCUT2D eigenvalue weighted by molar-refractivity contribution is 6.22. The highest BCUT2D eigenvalue weighted by atomic mass is 19.4. The van der Waals surface area contributed by atoms with Crippen LogP contribution in [0.4, 0.5) is 23.2 Å². The van der Waals surface area contributed by atoms with Crippen molar-refractivity contribution in [2.45, 2.75) is 19.5 Å². The second-order valence-electron chi connectivity index (χ2n) is 10.0. The summed E-state index contributed by atoms with van der Waals surface area (Å²) in [5.41, 5.74) is -1.27. The molecule has 1 saturated heterocycles. The molecule has 6 unspecified atom stereocenters. The number of Topliss-reactive ketones (excluding diaryl/α,β-unsaturated/α-hetero) is 1. The molecule has 2 saturated carbocycles. The van der Waals surface area contributed by atoms with E-state index in [4.69, 9.17) is 4.74 Å². The topological polar surface area (TPSA) is 63.7 Å². The molecular formula is C27H21F4NO4. The van der Waals surface area contributed by atoms with Crippen LogP contribution < -0.4 is 9.64 Å². The molecule has 3 fully saturated rings. The standard InChI is InChI=1S/C27H21F4NO4/c1-12-2-3-13(8-19(12)27(29,30)31)22(33)11-36-14-4-7-21(20(28)9-14)32-25(34)23-15-5-6-16(18-10-17(15)18)24(23)26(32)35/h2-9,15-18,23-24H,10-11H2,1H3. The Balaban J connectivity index is 1.17. The number of ketones is 1. The van der Waals surface area contributed by atoms with E-state index in [-0.39, 0.29) is 34.4 Å². The number of imide groups is 1. The van der Waals surface area contributed by atoms with Crippen LogP contribution in [-0.4, -0.2) is 24.2 Å². The fourth-order valence-electron chi connectivity index (χ4n) is 6.29. The third-order valence-electron chi connectivity index (χ3n) is 8.06. The van der Waals surface area contributed by atoms with Gasteiger partial charge in [0, 0.05) is 11.6 Å². The maximum atomic E-state index is 15.0. The number of hydrogen-bond donors (Lipinski definition) is 0. The largest absolute Gasteiger partial charge is 0.485 e. The van der Waals surface area contributed by atoms with Crippen LogP contribution in [0.1, 0.15) is 27.9 Å². The molecule has 2 aromatic rings. The van der Waals surface area contributed by atoms with Crippen LogP contribution in [0, 0.1) is 48.2 Å². The van der Waals surface area contributed by atoms with Crippen molar-refractivity contribution in [3.8, 4) is 5.75 Å². The fourth-order valence-corrected chi connectivity index (χ4v) is 6.29. The first-order chi connectivity index (χ1) is 17.1. The molecular weight excluding hydrogens is 478 g/mol. The summed E-state index contributed by atoms with van der Waals surface area (Å²) in [7, 11) is 0. The zero-order chi connectivity index (χ0) is 25.5. The predicted molar refractivity (Wildman–Crippen MR) is 120 cm³/mol. The van der Waals surface area contributed by atoms with Gasteiger partial charge in [0.2, 0.25) is 11.8 Å². The quantitative estimate of drug-likeness (QED) is 0.252. The zero-order valence-electron chi connectivity index (χ0n) is 19.1. The molecule has 9 heteroatoms. The number of benzene rings is 2. The van der Waals surface area contributed by atoms with Crippen molar-refractivity contribution in [3.05, 3.63) is 71.1 Å². The van der Waals surface area contributed by atoms with Crippen LogP contribution in [0.3, 0.4) is 0 Å². The van der Waals surface area contributed by atoms with Gasteiger partial charge in [0.05, 0.1) is 23.1 Å². The van der Waals surface area contributed by atoms with Gasteiger partial charge >= 0.3 is 6.18 Å². The molecule has 0 radical (unpaired) electrons. The Labute approximate surface area is 203 Å². The smallest absolute Gasteiger partial charge is 0.416 e. The molecule has 0 spiro atoms. The number of allylic oxidation sites excluding steroid dienone is 2. The minimum absolute atomic E-state index is 0.00991. The van der Waals surface area contributed by atoms with Gasteiger partial charge in [0.1, 0.15) is 5.75 Å². The monoisotopic (exact) mass is 499 g/mol. The van der Waals surface area contributed by atoms with Crippen LogP contribution in [-0.2, 0) is 15.8 Å². The van der Waals surface area contributed by atoms with Gasteiger partial charge in [-0.3, -0.25) is 14.4 Å². The van der Waals surface area contributed by atoms with E-state index in [1.807, 2.05) is 12.2 Å². The minimum atomic E-state index is -4.60. The van der Waals surface area contributed by atoms with Crippen molar-refractivity contribution < 1.29 is 36.7 Å². The Morgan fingerprint density at radius 1 is 1.00 bits per heavy atom. The molecule has 36 heavy (non-hydrogen) atoms. The molecule has 0 N–H and O–H groups in total. The van der Waals surface area contributed by atoms with E-state index in [2.05, 4.69) is 0 Å². The lowest BCUT2D eigenvalue weighted by Crippen LogP contribution is -2.40. The molecule has 2 aromatic carbocycles. The lowest BCUT2D eigenvalue weighted by Gasteiger charge is -2.37. The van der Waals surface area contributed by atoms with Gasteiger partial charge in [0.15, 0.2) is 18.2 Å². The summed E-state index contributed by atoms with van der Waals surface area (Å²) in [5, 5.41) is 0. The number of amides is 2. The third-order valence-corrected chi connectivity index (χ3v) is 8.06. The van der Waals surface area contributed by atoms with Gasteiger partial charge in [-0.2, -0.15) is 13.2 Å². The lowest BCUT2D eigenvalue weighted by molar-refractivity contribution is -0.138. The van der Waals surface area contributed by atoms with E-state index in [0.717, 1.165) is 23.5 Å². The van der Waals surface area contributed by atoms with Crippen LogP contribution in [0.25, 0.3) is 0 Å². The van der Waals surface area contributed by atoms with Crippen molar-refractivity contribution >= 4 is 23.3 Å². The van der Waals surface area contributed by atoms with Gasteiger partial charge in [-0.25, -0.2) is 9.29 Å². The molecule has 7 rings (SSSR count). The van der Waals surface area contributed by atoms with Gasteiger partial charge < -0.3 is 4.74 Å². The summed E-state index contributed by atoms with van der Waals surface area (Å²) in [6, 6.07) is 6.79. The highest BCUT2D eigenvalue weighted by Gasteiger charge is 2.67. The summed E-state index contributed by atoms with van der Waals surface area (Å²) in [4.78, 5) is 39.7. The van der Waals surface area contributed by atoms with Crippen molar-refractivity contribution in [1.29, 1.82) is 0 Å². The molecule has 1 heterocycles. The number of hydrogen-bond acceptors (Lipinski definition) is 4. The molecule has 0 aromatic heterocycles. The number of ether oxygens (including phenoxy) is 1. The summed E-state index contributed by atoms with van der Waals surface area (Å²) in [6.07, 6.45) is 0.489. The fraction of sp³-hybridized carbons (Fsp3) is 0.370. The number of halogens is 4. The van der Waals surface area contributed by atoms with Crippen LogP contribution in [0.15, 0.2) is 48.6 Å². The van der Waals surface area contributed by atoms with E-state index in [9.17, 15) is 27.6 Å². The first-order valence-corrected chi connectivity index (χ1v) is 11.8. The van der Waals surface area contributed by atoms with Crippen molar-refractivity contribution in [2.75, 3.05) is 11.5 Å². The predicted octanol–water partition coefficient (Wildman–Crippen LogP) is 4.97. The molecule has 5 aliphatic rings. The SMILES string of the molecule is Cc1ccc(C(=O)COc2ccc(N3C(=O)C4C5C=CC(C6CC56)C4C3=O)c(F)c2)cc1C(F)(F)F. The maximum Gasteiger partial charge on any atom is 0.416 e. The zero-order valence-corrected chi connectivity index (χ0v) is 19.1. The number of aryl methyl sites for hydroxylation is 1. The minimum Gasteiger partial charge on any atom is -0.485 e. The molecule has 4 aliphatic carbocycles. The lowest BCUT2D eigenvalue weighted by atomic mass is 9.63. The van der Waals surface area contributed by atoms with Crippen molar-refractivity contribution in [1.82, 2.24) is 0 Å². The average Bonchev–Trinajstić information content (AvgIpc) is 3.61. The van der Waals surface area contributed by atoms with Crippen LogP contribution >= 0.6 is 0 Å². The Hall–Kier alpha value is -3.49. The number of rotatable bonds is 5. The average molecular weight is 499 g/mol. The maximum absolute atomic E-state index is 15.0. The van der Waals surface area contributed by atoms with Crippen LogP contribution in [0.5, 0.6) is 5.75 Å². The Bertz CT molecular complexity index is 1310. The molecule has 2 amide bonds. The number of anilines is 1. The van der Waals surface area contributed by atoms with Gasteiger partial charge in [-0.15, -0.1) is 0 Å². The van der Waals surface area contributed by atoms with E-state index in [1.165, 1.54) is 31.2 Å². The summed E-state index contributed by atoms with van der Waals surface area (Å²) in [5.74, 6) is -2.43. The number of alkyl halides is 3. The molecule has 2 bridgehead atoms. The van der Waals surface area contributed by atoms with E-state index in [1.54, 1.807) is 0 Å². The van der Waals surface area contributed by atoms with Gasteiger partial charge in [-0.1, -0.05) is 24.3 Å². The van der Waals surface area contributed by atoms with Crippen molar-refractivity contribution in [3.63, 3.8) is 0 Å². The Morgan fingerprint density at radius 2 is 1.64 bits per heavy atom. The number of nitrogens with zero attached hydrogens (tertiary/aromatic N) is 1. The summed E-state index contributed by atoms with van der Waals surface area (Å²) < 4.78 is 59.8. The third kappa shape index (κ3) is 3.39. The molecule has 6 atom stereocenters. The molecule has 5 nitrogen and oxygen atoms in total. The van der Waals surface area contributed by atoms with E-state index in [0.29, 0.717) is 11.8 Å². The number of carbonyl (C=O) groups excluding carboxylic acids is 3.